The molecular formula is C16H14BrFN2O3. The topological polar surface area (TPSA) is 67.4 Å². The zero-order chi connectivity index (χ0) is 16.8. The van der Waals surface area contributed by atoms with Crippen molar-refractivity contribution < 1.29 is 18.7 Å². The summed E-state index contributed by atoms with van der Waals surface area (Å²) in [6, 6.07) is 12.4. The Morgan fingerprint density at radius 2 is 1.74 bits per heavy atom. The number of nitrogens with one attached hydrogen (secondary N) is 2. The Morgan fingerprint density at radius 3 is 2.39 bits per heavy atom. The highest BCUT2D eigenvalue weighted by Gasteiger charge is 2.17. The number of amides is 2. The first-order chi connectivity index (χ1) is 11.0. The van der Waals surface area contributed by atoms with Gasteiger partial charge in [-0.05, 0) is 43.3 Å². The third-order valence-electron chi connectivity index (χ3n) is 2.92. The molecule has 2 aromatic carbocycles. The fourth-order valence-electron chi connectivity index (χ4n) is 1.68. The van der Waals surface area contributed by atoms with E-state index in [1.165, 1.54) is 25.1 Å². The molecule has 2 aromatic rings. The largest absolute Gasteiger partial charge is 0.478 e. The van der Waals surface area contributed by atoms with Crippen molar-refractivity contribution in [3.05, 3.63) is 64.4 Å². The molecule has 0 fully saturated rings. The number of hydrogen-bond donors (Lipinski definition) is 2. The van der Waals surface area contributed by atoms with Crippen LogP contribution in [0.4, 0.5) is 4.39 Å². The van der Waals surface area contributed by atoms with Crippen LogP contribution >= 0.6 is 15.9 Å². The van der Waals surface area contributed by atoms with Crippen molar-refractivity contribution in [2.45, 2.75) is 13.0 Å². The zero-order valence-electron chi connectivity index (χ0n) is 12.2. The molecule has 0 heterocycles. The third kappa shape index (κ3) is 4.79. The minimum absolute atomic E-state index is 0.0330. The number of rotatable bonds is 4. The summed E-state index contributed by atoms with van der Waals surface area (Å²) in [6.45, 7) is 1.45. The Labute approximate surface area is 140 Å². The van der Waals surface area contributed by atoms with Crippen LogP contribution in [-0.2, 0) is 4.79 Å². The highest BCUT2D eigenvalue weighted by molar-refractivity contribution is 9.10. The highest BCUT2D eigenvalue weighted by Crippen LogP contribution is 2.16. The molecule has 2 N–H and O–H groups in total. The monoisotopic (exact) mass is 380 g/mol. The Kier molecular flexibility index (Phi) is 5.70. The van der Waals surface area contributed by atoms with Crippen LogP contribution in [0.3, 0.4) is 0 Å². The number of carbonyl (C=O) groups excluding carboxylic acids is 2. The number of carbonyl (C=O) groups is 2. The number of hydrogen-bond acceptors (Lipinski definition) is 3. The van der Waals surface area contributed by atoms with E-state index in [0.717, 1.165) is 4.47 Å². The first-order valence-electron chi connectivity index (χ1n) is 6.74. The molecule has 0 aliphatic rings. The van der Waals surface area contributed by atoms with Crippen molar-refractivity contribution in [1.29, 1.82) is 0 Å². The van der Waals surface area contributed by atoms with Gasteiger partial charge in [0.2, 0.25) is 0 Å². The van der Waals surface area contributed by atoms with Crippen LogP contribution in [0, 0.1) is 5.82 Å². The molecule has 0 saturated carbocycles. The molecule has 2 amide bonds. The third-order valence-corrected chi connectivity index (χ3v) is 3.44. The summed E-state index contributed by atoms with van der Waals surface area (Å²) in [6.07, 6.45) is -0.975. The van der Waals surface area contributed by atoms with Gasteiger partial charge in [-0.15, -0.1) is 0 Å². The standard InChI is InChI=1S/C16H14BrFN2O3/c1-10(23-14-5-3-2-4-13(14)18)15(21)19-20-16(22)11-6-8-12(17)9-7-11/h2-10H,1H3,(H,19,21)(H,20,22)/t10-/m0/s1. The summed E-state index contributed by atoms with van der Waals surface area (Å²) >= 11 is 3.26. The summed E-state index contributed by atoms with van der Waals surface area (Å²) in [5.74, 6) is -1.66. The van der Waals surface area contributed by atoms with E-state index in [1.807, 2.05) is 0 Å². The van der Waals surface area contributed by atoms with Gasteiger partial charge in [-0.2, -0.15) is 0 Å². The van der Waals surface area contributed by atoms with Gasteiger partial charge in [0.15, 0.2) is 17.7 Å². The lowest BCUT2D eigenvalue weighted by molar-refractivity contribution is -0.128. The lowest BCUT2D eigenvalue weighted by Crippen LogP contribution is -2.47. The summed E-state index contributed by atoms with van der Waals surface area (Å²) in [5.41, 5.74) is 4.89. The SMILES string of the molecule is C[C@H](Oc1ccccc1F)C(=O)NNC(=O)c1ccc(Br)cc1. The molecular weight excluding hydrogens is 367 g/mol. The second kappa shape index (κ2) is 7.73. The average molecular weight is 381 g/mol. The minimum Gasteiger partial charge on any atom is -0.478 e. The van der Waals surface area contributed by atoms with E-state index in [9.17, 15) is 14.0 Å². The molecule has 120 valence electrons. The van der Waals surface area contributed by atoms with Crippen LogP contribution in [-0.4, -0.2) is 17.9 Å². The van der Waals surface area contributed by atoms with Gasteiger partial charge in [-0.3, -0.25) is 20.4 Å². The van der Waals surface area contributed by atoms with E-state index >= 15 is 0 Å². The number of para-hydroxylation sites is 1. The van der Waals surface area contributed by atoms with Crippen molar-refractivity contribution in [3.63, 3.8) is 0 Å². The smallest absolute Gasteiger partial charge is 0.279 e. The summed E-state index contributed by atoms with van der Waals surface area (Å²) < 4.78 is 19.5. The average Bonchev–Trinajstić information content (AvgIpc) is 2.55. The molecule has 23 heavy (non-hydrogen) atoms. The molecule has 5 nitrogen and oxygen atoms in total. The maximum Gasteiger partial charge on any atom is 0.279 e. The molecule has 0 saturated heterocycles. The number of benzene rings is 2. The fourth-order valence-corrected chi connectivity index (χ4v) is 1.94. The predicted octanol–water partition coefficient (Wildman–Crippen LogP) is 2.82. The predicted molar refractivity (Wildman–Crippen MR) is 86.2 cm³/mol. The van der Waals surface area contributed by atoms with E-state index in [2.05, 4.69) is 26.8 Å². The summed E-state index contributed by atoms with van der Waals surface area (Å²) in [5, 5.41) is 0. The number of hydrazine groups is 1. The fraction of sp³-hybridized carbons (Fsp3) is 0.125. The van der Waals surface area contributed by atoms with Gasteiger partial charge < -0.3 is 4.74 Å². The first kappa shape index (κ1) is 17.0. The van der Waals surface area contributed by atoms with Gasteiger partial charge in [-0.25, -0.2) is 4.39 Å². The molecule has 1 atom stereocenters. The van der Waals surface area contributed by atoms with Crippen LogP contribution in [0.15, 0.2) is 53.0 Å². The van der Waals surface area contributed by atoms with Gasteiger partial charge in [0, 0.05) is 10.0 Å². The van der Waals surface area contributed by atoms with E-state index < -0.39 is 23.7 Å². The maximum absolute atomic E-state index is 13.5. The Hall–Kier alpha value is -2.41. The van der Waals surface area contributed by atoms with Crippen molar-refractivity contribution >= 4 is 27.7 Å². The maximum atomic E-state index is 13.5. The van der Waals surface area contributed by atoms with Crippen LogP contribution in [0.1, 0.15) is 17.3 Å². The molecule has 0 bridgehead atoms. The van der Waals surface area contributed by atoms with Gasteiger partial charge in [0.25, 0.3) is 11.8 Å². The van der Waals surface area contributed by atoms with Crippen LogP contribution < -0.4 is 15.6 Å². The Bertz CT molecular complexity index is 707. The lowest BCUT2D eigenvalue weighted by atomic mass is 10.2. The van der Waals surface area contributed by atoms with E-state index in [-0.39, 0.29) is 5.75 Å². The lowest BCUT2D eigenvalue weighted by Gasteiger charge is -2.15. The van der Waals surface area contributed by atoms with E-state index in [0.29, 0.717) is 5.56 Å². The molecule has 0 spiro atoms. The molecule has 0 unspecified atom stereocenters. The summed E-state index contributed by atoms with van der Waals surface area (Å²) in [7, 11) is 0. The first-order valence-corrected chi connectivity index (χ1v) is 7.53. The molecule has 0 radical (unpaired) electrons. The highest BCUT2D eigenvalue weighted by atomic mass is 79.9. The minimum atomic E-state index is -0.975. The zero-order valence-corrected chi connectivity index (χ0v) is 13.8. The van der Waals surface area contributed by atoms with E-state index in [4.69, 9.17) is 4.74 Å². The molecule has 0 aromatic heterocycles. The van der Waals surface area contributed by atoms with Crippen LogP contribution in [0.25, 0.3) is 0 Å². The molecule has 0 aliphatic carbocycles. The molecule has 0 aliphatic heterocycles. The molecule has 7 heteroatoms. The van der Waals surface area contributed by atoms with Gasteiger partial charge in [-0.1, -0.05) is 28.1 Å². The molecule has 2 rings (SSSR count). The Balaban J connectivity index is 1.87. The van der Waals surface area contributed by atoms with Gasteiger partial charge in [0.1, 0.15) is 0 Å². The number of halogens is 2. The second-order valence-corrected chi connectivity index (χ2v) is 5.56. The normalized spacial score (nSPS) is 11.4. The van der Waals surface area contributed by atoms with Crippen molar-refractivity contribution in [3.8, 4) is 5.75 Å². The quantitative estimate of drug-likeness (QED) is 0.801. The van der Waals surface area contributed by atoms with Crippen molar-refractivity contribution in [1.82, 2.24) is 10.9 Å². The van der Waals surface area contributed by atoms with Crippen molar-refractivity contribution in [2.75, 3.05) is 0 Å². The number of ether oxygens (including phenoxy) is 1. The van der Waals surface area contributed by atoms with Crippen LogP contribution in [0.2, 0.25) is 0 Å². The van der Waals surface area contributed by atoms with E-state index in [1.54, 1.807) is 30.3 Å². The van der Waals surface area contributed by atoms with Crippen LogP contribution in [0.5, 0.6) is 5.75 Å². The summed E-state index contributed by atoms with van der Waals surface area (Å²) in [4.78, 5) is 23.7. The van der Waals surface area contributed by atoms with Gasteiger partial charge >= 0.3 is 0 Å². The van der Waals surface area contributed by atoms with Crippen molar-refractivity contribution in [2.24, 2.45) is 0 Å². The second-order valence-electron chi connectivity index (χ2n) is 4.64. The van der Waals surface area contributed by atoms with Gasteiger partial charge in [0.05, 0.1) is 0 Å². The Morgan fingerprint density at radius 1 is 1.09 bits per heavy atom.